The number of hydrogen-bond acceptors (Lipinski definition) is 5. The highest BCUT2D eigenvalue weighted by Gasteiger charge is 2.16. The van der Waals surface area contributed by atoms with Crippen molar-refractivity contribution in [3.8, 4) is 0 Å². The highest BCUT2D eigenvalue weighted by molar-refractivity contribution is 6.04. The molecule has 30 heavy (non-hydrogen) atoms. The van der Waals surface area contributed by atoms with Gasteiger partial charge in [0.15, 0.2) is 0 Å². The molecule has 0 bridgehead atoms. The van der Waals surface area contributed by atoms with E-state index in [1.54, 1.807) is 6.20 Å². The Kier molecular flexibility index (Phi) is 6.29. The van der Waals surface area contributed by atoms with Crippen LogP contribution in [-0.4, -0.2) is 47.0 Å². The molecule has 0 saturated carbocycles. The summed E-state index contributed by atoms with van der Waals surface area (Å²) in [6, 6.07) is 15.2. The monoisotopic (exact) mass is 405 g/mol. The van der Waals surface area contributed by atoms with Gasteiger partial charge >= 0.3 is 0 Å². The molecule has 1 aliphatic rings. The topological polar surface area (TPSA) is 61.4 Å². The third-order valence-electron chi connectivity index (χ3n) is 5.14. The number of halogens is 1. The van der Waals surface area contributed by atoms with Crippen molar-refractivity contribution in [3.63, 3.8) is 0 Å². The maximum absolute atomic E-state index is 13.0. The van der Waals surface area contributed by atoms with Gasteiger partial charge in [-0.3, -0.25) is 14.7 Å². The Labute approximate surface area is 175 Å². The van der Waals surface area contributed by atoms with E-state index in [0.29, 0.717) is 11.3 Å². The van der Waals surface area contributed by atoms with Gasteiger partial charge in [-0.25, -0.2) is 9.37 Å². The standard InChI is InChI=1S/C23H24FN5O/c24-19-7-5-18(6-8-19)23(30)27-20-9-10-22(26-16-20)29-13-3-12-28(14-15-29)17-21-4-1-2-11-25-21/h1-2,4-11,16H,3,12-15,17H2,(H,27,30). The molecular formula is C23H24FN5O. The molecule has 3 heterocycles. The largest absolute Gasteiger partial charge is 0.355 e. The van der Waals surface area contributed by atoms with Crippen LogP contribution in [0.2, 0.25) is 0 Å². The molecule has 0 spiro atoms. The summed E-state index contributed by atoms with van der Waals surface area (Å²) in [6.45, 7) is 4.66. The normalized spacial score (nSPS) is 14.9. The van der Waals surface area contributed by atoms with Gasteiger partial charge in [0.2, 0.25) is 0 Å². The molecule has 6 nitrogen and oxygen atoms in total. The molecule has 1 N–H and O–H groups in total. The van der Waals surface area contributed by atoms with E-state index in [1.807, 2.05) is 30.5 Å². The minimum atomic E-state index is -0.367. The summed E-state index contributed by atoms with van der Waals surface area (Å²) in [6.07, 6.45) is 4.55. The van der Waals surface area contributed by atoms with E-state index in [0.717, 1.165) is 50.7 Å². The van der Waals surface area contributed by atoms with E-state index < -0.39 is 0 Å². The molecule has 0 aliphatic carbocycles. The van der Waals surface area contributed by atoms with Crippen molar-refractivity contribution < 1.29 is 9.18 Å². The SMILES string of the molecule is O=C(Nc1ccc(N2CCCN(Cc3ccccn3)CC2)nc1)c1ccc(F)cc1. The van der Waals surface area contributed by atoms with Crippen LogP contribution in [-0.2, 0) is 6.54 Å². The van der Waals surface area contributed by atoms with Crippen molar-refractivity contribution in [1.29, 1.82) is 0 Å². The number of nitrogens with zero attached hydrogens (tertiary/aromatic N) is 4. The number of nitrogens with one attached hydrogen (secondary N) is 1. The van der Waals surface area contributed by atoms with Gasteiger partial charge in [-0.15, -0.1) is 0 Å². The summed E-state index contributed by atoms with van der Waals surface area (Å²) in [5, 5.41) is 2.80. The lowest BCUT2D eigenvalue weighted by Crippen LogP contribution is -2.31. The third kappa shape index (κ3) is 5.18. The van der Waals surface area contributed by atoms with Gasteiger partial charge < -0.3 is 10.2 Å². The van der Waals surface area contributed by atoms with Gasteiger partial charge in [0.05, 0.1) is 17.6 Å². The smallest absolute Gasteiger partial charge is 0.255 e. The molecule has 0 radical (unpaired) electrons. The van der Waals surface area contributed by atoms with E-state index in [4.69, 9.17) is 0 Å². The zero-order chi connectivity index (χ0) is 20.8. The number of hydrogen-bond donors (Lipinski definition) is 1. The lowest BCUT2D eigenvalue weighted by atomic mass is 10.2. The van der Waals surface area contributed by atoms with Crippen molar-refractivity contribution in [2.45, 2.75) is 13.0 Å². The van der Waals surface area contributed by atoms with Gasteiger partial charge in [0, 0.05) is 44.5 Å². The van der Waals surface area contributed by atoms with Crippen molar-refractivity contribution in [2.24, 2.45) is 0 Å². The van der Waals surface area contributed by atoms with Crippen LogP contribution in [0.15, 0.2) is 67.0 Å². The van der Waals surface area contributed by atoms with Gasteiger partial charge in [0.1, 0.15) is 11.6 Å². The van der Waals surface area contributed by atoms with Crippen LogP contribution in [0.25, 0.3) is 0 Å². The molecule has 1 amide bonds. The second-order valence-electron chi connectivity index (χ2n) is 7.30. The van der Waals surface area contributed by atoms with Crippen LogP contribution >= 0.6 is 0 Å². The molecule has 1 saturated heterocycles. The van der Waals surface area contributed by atoms with Crippen LogP contribution < -0.4 is 10.2 Å². The molecule has 0 atom stereocenters. The van der Waals surface area contributed by atoms with Gasteiger partial charge in [-0.2, -0.15) is 0 Å². The average Bonchev–Trinajstić information content (AvgIpc) is 3.01. The fraction of sp³-hybridized carbons (Fsp3) is 0.261. The molecule has 2 aromatic heterocycles. The van der Waals surface area contributed by atoms with E-state index in [-0.39, 0.29) is 11.7 Å². The maximum Gasteiger partial charge on any atom is 0.255 e. The predicted octanol–water partition coefficient (Wildman–Crippen LogP) is 3.58. The van der Waals surface area contributed by atoms with Crippen molar-refractivity contribution in [2.75, 3.05) is 36.4 Å². The summed E-state index contributed by atoms with van der Waals surface area (Å²) in [7, 11) is 0. The fourth-order valence-corrected chi connectivity index (χ4v) is 3.53. The summed E-state index contributed by atoms with van der Waals surface area (Å²) < 4.78 is 13.0. The number of benzene rings is 1. The number of carbonyl (C=O) groups excluding carboxylic acids is 1. The number of anilines is 2. The van der Waals surface area contributed by atoms with Crippen LogP contribution in [0.4, 0.5) is 15.9 Å². The highest BCUT2D eigenvalue weighted by atomic mass is 19.1. The first-order valence-electron chi connectivity index (χ1n) is 10.1. The Hall–Kier alpha value is -3.32. The maximum atomic E-state index is 13.0. The quantitative estimate of drug-likeness (QED) is 0.703. The minimum Gasteiger partial charge on any atom is -0.355 e. The molecule has 1 aliphatic heterocycles. The molecular weight excluding hydrogens is 381 g/mol. The first-order chi connectivity index (χ1) is 14.7. The zero-order valence-corrected chi connectivity index (χ0v) is 16.7. The number of aromatic nitrogens is 2. The Balaban J connectivity index is 1.33. The molecule has 7 heteroatoms. The second-order valence-corrected chi connectivity index (χ2v) is 7.30. The summed E-state index contributed by atoms with van der Waals surface area (Å²) in [5.74, 6) is 0.243. The van der Waals surface area contributed by atoms with E-state index >= 15 is 0 Å². The molecule has 0 unspecified atom stereocenters. The minimum absolute atomic E-state index is 0.288. The summed E-state index contributed by atoms with van der Waals surface area (Å²) in [4.78, 5) is 25.9. The van der Waals surface area contributed by atoms with Gasteiger partial charge in [-0.05, 0) is 55.0 Å². The predicted molar refractivity (Wildman–Crippen MR) is 115 cm³/mol. The summed E-state index contributed by atoms with van der Waals surface area (Å²) >= 11 is 0. The van der Waals surface area contributed by atoms with Crippen LogP contribution in [0.1, 0.15) is 22.5 Å². The van der Waals surface area contributed by atoms with Crippen LogP contribution in [0, 0.1) is 5.82 Å². The first kappa shape index (κ1) is 20.0. The number of amides is 1. The Bertz CT molecular complexity index is 963. The number of rotatable bonds is 5. The van der Waals surface area contributed by atoms with Crippen molar-refractivity contribution in [3.05, 3.63) is 84.1 Å². The zero-order valence-electron chi connectivity index (χ0n) is 16.7. The van der Waals surface area contributed by atoms with Crippen molar-refractivity contribution in [1.82, 2.24) is 14.9 Å². The van der Waals surface area contributed by atoms with Crippen LogP contribution in [0.3, 0.4) is 0 Å². The number of pyridine rings is 2. The van der Waals surface area contributed by atoms with Gasteiger partial charge in [-0.1, -0.05) is 6.07 Å². The average molecular weight is 405 g/mol. The lowest BCUT2D eigenvalue weighted by Gasteiger charge is -2.22. The summed E-state index contributed by atoms with van der Waals surface area (Å²) in [5.41, 5.74) is 2.10. The van der Waals surface area contributed by atoms with E-state index in [1.165, 1.54) is 24.3 Å². The van der Waals surface area contributed by atoms with E-state index in [2.05, 4.69) is 31.2 Å². The Morgan fingerprint density at radius 2 is 1.83 bits per heavy atom. The van der Waals surface area contributed by atoms with Crippen LogP contribution in [0.5, 0.6) is 0 Å². The van der Waals surface area contributed by atoms with Crippen molar-refractivity contribution >= 4 is 17.4 Å². The third-order valence-corrected chi connectivity index (χ3v) is 5.14. The number of carbonyl (C=O) groups is 1. The first-order valence-corrected chi connectivity index (χ1v) is 10.1. The Morgan fingerprint density at radius 3 is 2.57 bits per heavy atom. The fourth-order valence-electron chi connectivity index (χ4n) is 3.53. The van der Waals surface area contributed by atoms with Gasteiger partial charge in [0.25, 0.3) is 5.91 Å². The molecule has 3 aromatic rings. The Morgan fingerprint density at radius 1 is 0.967 bits per heavy atom. The van der Waals surface area contributed by atoms with E-state index in [9.17, 15) is 9.18 Å². The lowest BCUT2D eigenvalue weighted by molar-refractivity contribution is 0.102. The second kappa shape index (κ2) is 9.45. The molecule has 1 fully saturated rings. The highest BCUT2D eigenvalue weighted by Crippen LogP contribution is 2.18. The molecule has 1 aromatic carbocycles. The molecule has 4 rings (SSSR count). The molecule has 154 valence electrons.